The number of carbonyl (C=O) groups is 1. The van der Waals surface area contributed by atoms with Crippen molar-refractivity contribution in [1.82, 2.24) is 10.3 Å². The molecule has 2 unspecified atom stereocenters. The molecule has 0 bridgehead atoms. The van der Waals surface area contributed by atoms with Crippen LogP contribution in [0.3, 0.4) is 0 Å². The van der Waals surface area contributed by atoms with E-state index in [2.05, 4.69) is 10.3 Å². The van der Waals surface area contributed by atoms with E-state index in [9.17, 15) is 9.90 Å². The van der Waals surface area contributed by atoms with E-state index in [0.29, 0.717) is 13.0 Å². The van der Waals surface area contributed by atoms with Gasteiger partial charge in [-0.25, -0.2) is 9.78 Å². The first-order valence-corrected chi connectivity index (χ1v) is 6.83. The fraction of sp³-hybridized carbons (Fsp3) is 0.250. The van der Waals surface area contributed by atoms with Crippen LogP contribution in [0.15, 0.2) is 42.5 Å². The number of hydrogen-bond donors (Lipinski definition) is 3. The molecule has 0 aliphatic carbocycles. The summed E-state index contributed by atoms with van der Waals surface area (Å²) < 4.78 is 0. The van der Waals surface area contributed by atoms with Gasteiger partial charge in [-0.2, -0.15) is 0 Å². The number of rotatable bonds is 3. The Kier molecular flexibility index (Phi) is 3.68. The molecule has 3 N–H and O–H groups in total. The smallest absolute Gasteiger partial charge is 0.354 e. The lowest BCUT2D eigenvalue weighted by molar-refractivity contribution is 0.0689. The van der Waals surface area contributed by atoms with E-state index in [1.807, 2.05) is 30.3 Å². The van der Waals surface area contributed by atoms with Crippen LogP contribution in [0.1, 0.15) is 33.4 Å². The van der Waals surface area contributed by atoms with E-state index in [1.54, 1.807) is 6.07 Å². The van der Waals surface area contributed by atoms with Gasteiger partial charge in [0.25, 0.3) is 0 Å². The zero-order chi connectivity index (χ0) is 14.8. The van der Waals surface area contributed by atoms with Crippen LogP contribution in [-0.2, 0) is 13.0 Å². The zero-order valence-electron chi connectivity index (χ0n) is 11.4. The monoisotopic (exact) mass is 284 g/mol. The molecule has 0 radical (unpaired) electrons. The van der Waals surface area contributed by atoms with E-state index in [1.165, 1.54) is 6.07 Å². The van der Waals surface area contributed by atoms with E-state index < -0.39 is 12.1 Å². The van der Waals surface area contributed by atoms with Gasteiger partial charge in [-0.3, -0.25) is 0 Å². The lowest BCUT2D eigenvalue weighted by atomic mass is 9.93. The molecule has 0 spiro atoms. The number of carboxylic acid groups (broad SMARTS) is 1. The standard InChI is InChI=1S/C16H16N2O3/c19-15(10-4-2-1-3-5-10)14-8-13-11(9-17-14)6-7-12(18-13)16(20)21/h1-7,14-15,17,19H,8-9H2,(H,20,21). The molecule has 1 aromatic heterocycles. The third-order valence-corrected chi connectivity index (χ3v) is 3.78. The molecule has 5 heteroatoms. The van der Waals surface area contributed by atoms with Crippen LogP contribution in [0, 0.1) is 0 Å². The Bertz CT molecular complexity index is 658. The SMILES string of the molecule is O=C(O)c1ccc2c(n1)CC(C(O)c1ccccc1)NC2. The maximum absolute atomic E-state index is 11.0. The molecule has 5 nitrogen and oxygen atoms in total. The quantitative estimate of drug-likeness (QED) is 0.796. The second kappa shape index (κ2) is 5.63. The van der Waals surface area contributed by atoms with Crippen molar-refractivity contribution in [3.8, 4) is 0 Å². The summed E-state index contributed by atoms with van der Waals surface area (Å²) in [5.41, 5.74) is 2.61. The molecule has 3 rings (SSSR count). The van der Waals surface area contributed by atoms with Crippen molar-refractivity contribution in [2.24, 2.45) is 0 Å². The molecule has 2 heterocycles. The minimum atomic E-state index is -1.03. The number of nitrogens with one attached hydrogen (secondary N) is 1. The highest BCUT2D eigenvalue weighted by Crippen LogP contribution is 2.24. The lowest BCUT2D eigenvalue weighted by Gasteiger charge is -2.29. The molecule has 1 aliphatic heterocycles. The number of aliphatic hydroxyl groups excluding tert-OH is 1. The maximum atomic E-state index is 11.0. The first-order chi connectivity index (χ1) is 10.1. The van der Waals surface area contributed by atoms with Gasteiger partial charge in [-0.1, -0.05) is 36.4 Å². The number of fused-ring (bicyclic) bond motifs is 1. The fourth-order valence-electron chi connectivity index (χ4n) is 2.61. The topological polar surface area (TPSA) is 82.5 Å². The molecule has 0 fully saturated rings. The Morgan fingerprint density at radius 3 is 2.71 bits per heavy atom. The Morgan fingerprint density at radius 2 is 2.00 bits per heavy atom. The summed E-state index contributed by atoms with van der Waals surface area (Å²) in [6.07, 6.45) is -0.137. The summed E-state index contributed by atoms with van der Waals surface area (Å²) in [6, 6.07) is 12.6. The number of aromatic nitrogens is 1. The Morgan fingerprint density at radius 1 is 1.24 bits per heavy atom. The molecule has 2 aromatic rings. The first-order valence-electron chi connectivity index (χ1n) is 6.83. The van der Waals surface area contributed by atoms with Crippen molar-refractivity contribution in [2.75, 3.05) is 0 Å². The second-order valence-corrected chi connectivity index (χ2v) is 5.15. The zero-order valence-corrected chi connectivity index (χ0v) is 11.4. The summed E-state index contributed by atoms with van der Waals surface area (Å²) in [7, 11) is 0. The molecule has 0 saturated carbocycles. The molecule has 0 amide bonds. The van der Waals surface area contributed by atoms with Gasteiger partial charge in [0.2, 0.25) is 0 Å². The van der Waals surface area contributed by atoms with Crippen molar-refractivity contribution < 1.29 is 15.0 Å². The predicted molar refractivity (Wildman–Crippen MR) is 76.9 cm³/mol. The van der Waals surface area contributed by atoms with E-state index >= 15 is 0 Å². The molecule has 1 aromatic carbocycles. The highest BCUT2D eigenvalue weighted by atomic mass is 16.4. The average Bonchev–Trinajstić information content (AvgIpc) is 2.54. The maximum Gasteiger partial charge on any atom is 0.354 e. The van der Waals surface area contributed by atoms with Gasteiger partial charge in [0.1, 0.15) is 5.69 Å². The van der Waals surface area contributed by atoms with Crippen molar-refractivity contribution in [2.45, 2.75) is 25.1 Å². The molecular weight excluding hydrogens is 268 g/mol. The highest BCUT2D eigenvalue weighted by Gasteiger charge is 2.26. The number of aromatic carboxylic acids is 1. The van der Waals surface area contributed by atoms with Gasteiger partial charge >= 0.3 is 5.97 Å². The normalized spacial score (nSPS) is 18.8. The minimum Gasteiger partial charge on any atom is -0.477 e. The van der Waals surface area contributed by atoms with Gasteiger partial charge in [0, 0.05) is 24.7 Å². The van der Waals surface area contributed by atoms with Crippen LogP contribution < -0.4 is 5.32 Å². The third-order valence-electron chi connectivity index (χ3n) is 3.78. The third kappa shape index (κ3) is 2.79. The van der Waals surface area contributed by atoms with Crippen LogP contribution in [0.5, 0.6) is 0 Å². The number of hydrogen-bond acceptors (Lipinski definition) is 4. The van der Waals surface area contributed by atoms with Crippen molar-refractivity contribution in [1.29, 1.82) is 0 Å². The first kappa shape index (κ1) is 13.7. The van der Waals surface area contributed by atoms with Gasteiger partial charge in [-0.15, -0.1) is 0 Å². The Hall–Kier alpha value is -2.24. The van der Waals surface area contributed by atoms with Gasteiger partial charge in [-0.05, 0) is 17.2 Å². The van der Waals surface area contributed by atoms with E-state index in [0.717, 1.165) is 16.8 Å². The Labute approximate surface area is 122 Å². The fourth-order valence-corrected chi connectivity index (χ4v) is 2.61. The lowest BCUT2D eigenvalue weighted by Crippen LogP contribution is -2.40. The van der Waals surface area contributed by atoms with Gasteiger partial charge < -0.3 is 15.5 Å². The minimum absolute atomic E-state index is 0.0450. The molecule has 2 atom stereocenters. The Balaban J connectivity index is 1.83. The van der Waals surface area contributed by atoms with Crippen LogP contribution in [0.2, 0.25) is 0 Å². The number of nitrogens with zero attached hydrogens (tertiary/aromatic N) is 1. The molecule has 21 heavy (non-hydrogen) atoms. The molecule has 0 saturated heterocycles. The van der Waals surface area contributed by atoms with Crippen LogP contribution in [-0.4, -0.2) is 27.2 Å². The largest absolute Gasteiger partial charge is 0.477 e. The summed E-state index contributed by atoms with van der Waals surface area (Å²) >= 11 is 0. The van der Waals surface area contributed by atoms with Crippen molar-refractivity contribution >= 4 is 5.97 Å². The molecule has 1 aliphatic rings. The number of carboxylic acids is 1. The average molecular weight is 284 g/mol. The second-order valence-electron chi connectivity index (χ2n) is 5.15. The number of pyridine rings is 1. The number of aliphatic hydroxyl groups is 1. The summed E-state index contributed by atoms with van der Waals surface area (Å²) in [5.74, 6) is -1.03. The van der Waals surface area contributed by atoms with Gasteiger partial charge in [0.05, 0.1) is 6.10 Å². The summed E-state index contributed by atoms with van der Waals surface area (Å²) in [4.78, 5) is 15.2. The van der Waals surface area contributed by atoms with Crippen LogP contribution >= 0.6 is 0 Å². The summed E-state index contributed by atoms with van der Waals surface area (Å²) in [5, 5.41) is 22.7. The molecular formula is C16H16N2O3. The predicted octanol–water partition coefficient (Wildman–Crippen LogP) is 1.53. The molecule has 108 valence electrons. The van der Waals surface area contributed by atoms with E-state index in [-0.39, 0.29) is 11.7 Å². The highest BCUT2D eigenvalue weighted by molar-refractivity contribution is 5.85. The van der Waals surface area contributed by atoms with Crippen LogP contribution in [0.25, 0.3) is 0 Å². The van der Waals surface area contributed by atoms with Crippen molar-refractivity contribution in [3.05, 3.63) is 65.0 Å². The van der Waals surface area contributed by atoms with Crippen molar-refractivity contribution in [3.63, 3.8) is 0 Å². The summed E-state index contributed by atoms with van der Waals surface area (Å²) in [6.45, 7) is 0.580. The number of benzene rings is 1. The van der Waals surface area contributed by atoms with Crippen LogP contribution in [0.4, 0.5) is 0 Å². The van der Waals surface area contributed by atoms with E-state index in [4.69, 9.17) is 5.11 Å². The van der Waals surface area contributed by atoms with Gasteiger partial charge in [0.15, 0.2) is 0 Å².